The van der Waals surface area contributed by atoms with Crippen molar-refractivity contribution in [1.29, 1.82) is 0 Å². The first-order valence-corrected chi connectivity index (χ1v) is 4.99. The van der Waals surface area contributed by atoms with Crippen LogP contribution in [0.2, 0.25) is 10.0 Å². The molecule has 0 amide bonds. The van der Waals surface area contributed by atoms with Gasteiger partial charge in [-0.2, -0.15) is 0 Å². The lowest BCUT2D eigenvalue weighted by molar-refractivity contribution is 0.463. The highest BCUT2D eigenvalue weighted by Gasteiger charge is 2.09. The largest absolute Gasteiger partial charge is 0.744 e. The Morgan fingerprint density at radius 3 is 2.15 bits per heavy atom. The van der Waals surface area contributed by atoms with Crippen molar-refractivity contribution in [2.24, 2.45) is 0 Å². The molecule has 74 valence electrons. The fourth-order valence-electron chi connectivity index (χ4n) is 0.677. The predicted molar refractivity (Wildman–Crippen MR) is 50.4 cm³/mol. The quantitative estimate of drug-likeness (QED) is 0.767. The molecule has 0 unspecified atom stereocenters. The van der Waals surface area contributed by atoms with Gasteiger partial charge in [-0.3, -0.25) is 0 Å². The van der Waals surface area contributed by atoms with Gasteiger partial charge in [0.25, 0.3) is 0 Å². The summed E-state index contributed by atoms with van der Waals surface area (Å²) in [5.74, 6) is 0. The van der Waals surface area contributed by atoms with Gasteiger partial charge in [0, 0.05) is 0 Å². The molecule has 0 spiro atoms. The Morgan fingerprint density at radius 1 is 1.23 bits per heavy atom. The maximum absolute atomic E-state index is 10.5. The van der Waals surface area contributed by atoms with Crippen LogP contribution in [0, 0.1) is 0 Å². The normalized spacial score (nSPS) is 10.7. The second-order valence-electron chi connectivity index (χ2n) is 2.01. The fourth-order valence-corrected chi connectivity index (χ4v) is 1.89. The summed E-state index contributed by atoms with van der Waals surface area (Å²) in [6.07, 6.45) is 0. The molecule has 0 radical (unpaired) electrons. The lowest BCUT2D eigenvalue weighted by atomic mass is 10.4. The highest BCUT2D eigenvalue weighted by molar-refractivity contribution is 7.85. The van der Waals surface area contributed by atoms with Crippen molar-refractivity contribution in [3.05, 3.63) is 28.2 Å². The van der Waals surface area contributed by atoms with E-state index in [-0.39, 0.29) is 16.2 Å². The third-order valence-corrected chi connectivity index (χ3v) is 3.00. The Hall–Kier alpha value is -0.330. The Bertz CT molecular complexity index is 404. The molecule has 0 aliphatic carbocycles. The van der Waals surface area contributed by atoms with E-state index in [9.17, 15) is 13.0 Å². The average Bonchev–Trinajstić information content (AvgIpc) is 1.92. The summed E-state index contributed by atoms with van der Waals surface area (Å²) >= 11 is 11.0. The highest BCUT2D eigenvalue weighted by atomic mass is 35.5. The standard InChI is InChI=1S/C6H4Cl2O3S.H3N/c7-4-2-1-3-5(6(4)8)12(9,10)11;/h1-3H,(H,9,10,11);1H3. The van der Waals surface area contributed by atoms with E-state index in [4.69, 9.17) is 23.2 Å². The molecule has 1 aromatic carbocycles. The smallest absolute Gasteiger partial charge is 0.125 e. The van der Waals surface area contributed by atoms with E-state index < -0.39 is 15.0 Å². The molecule has 1 rings (SSSR count). The van der Waals surface area contributed by atoms with E-state index in [1.54, 1.807) is 0 Å². The molecule has 0 bridgehead atoms. The Morgan fingerprint density at radius 2 is 1.77 bits per heavy atom. The third-order valence-electron chi connectivity index (χ3n) is 1.19. The zero-order valence-electron chi connectivity index (χ0n) is 6.62. The Kier molecular flexibility index (Phi) is 4.15. The first-order chi connectivity index (χ1) is 5.43. The lowest BCUT2D eigenvalue weighted by Gasteiger charge is -2.08. The summed E-state index contributed by atoms with van der Waals surface area (Å²) in [5.41, 5.74) is 0. The first kappa shape index (κ1) is 12.7. The van der Waals surface area contributed by atoms with Gasteiger partial charge in [-0.25, -0.2) is 8.42 Å². The maximum atomic E-state index is 10.5. The van der Waals surface area contributed by atoms with Crippen molar-refractivity contribution >= 4 is 33.3 Å². The minimum atomic E-state index is -4.52. The van der Waals surface area contributed by atoms with E-state index in [0.29, 0.717) is 0 Å². The minimum absolute atomic E-state index is 0. The monoisotopic (exact) mass is 243 g/mol. The van der Waals surface area contributed by atoms with Gasteiger partial charge < -0.3 is 10.7 Å². The van der Waals surface area contributed by atoms with E-state index in [1.807, 2.05) is 0 Å². The molecule has 4 nitrogen and oxygen atoms in total. The van der Waals surface area contributed by atoms with Gasteiger partial charge >= 0.3 is 0 Å². The fraction of sp³-hybridized carbons (Fsp3) is 0. The molecule has 0 fully saturated rings. The number of rotatable bonds is 1. The van der Waals surface area contributed by atoms with Crippen molar-refractivity contribution < 1.29 is 13.0 Å². The number of hydrogen-bond donors (Lipinski definition) is 1. The Labute approximate surface area is 85.8 Å². The molecule has 13 heavy (non-hydrogen) atoms. The van der Waals surface area contributed by atoms with Crippen molar-refractivity contribution in [1.82, 2.24) is 6.15 Å². The van der Waals surface area contributed by atoms with E-state index in [2.05, 4.69) is 0 Å². The molecular formula is C6H7Cl2NO3S. The number of benzene rings is 1. The van der Waals surface area contributed by atoms with E-state index in [1.165, 1.54) is 12.1 Å². The number of halogens is 2. The van der Waals surface area contributed by atoms with E-state index >= 15 is 0 Å². The zero-order chi connectivity index (χ0) is 9.35. The molecule has 0 saturated carbocycles. The highest BCUT2D eigenvalue weighted by Crippen LogP contribution is 2.28. The summed E-state index contributed by atoms with van der Waals surface area (Å²) in [4.78, 5) is -0.489. The van der Waals surface area contributed by atoms with Gasteiger partial charge in [0.1, 0.15) is 10.1 Å². The van der Waals surface area contributed by atoms with Crippen molar-refractivity contribution in [3.63, 3.8) is 0 Å². The van der Waals surface area contributed by atoms with Crippen LogP contribution in [0.1, 0.15) is 0 Å². The molecule has 0 atom stereocenters. The van der Waals surface area contributed by atoms with Crippen LogP contribution in [0.15, 0.2) is 23.1 Å². The van der Waals surface area contributed by atoms with Gasteiger partial charge in [-0.15, -0.1) is 0 Å². The van der Waals surface area contributed by atoms with Crippen LogP contribution in [0.25, 0.3) is 0 Å². The molecule has 0 heterocycles. The number of hydrogen-bond acceptors (Lipinski definition) is 3. The predicted octanol–water partition coefficient (Wildman–Crippen LogP) is 2.27. The van der Waals surface area contributed by atoms with Gasteiger partial charge in [0.15, 0.2) is 0 Å². The summed E-state index contributed by atoms with van der Waals surface area (Å²) in [6.45, 7) is 0. The maximum Gasteiger partial charge on any atom is 0.125 e. The molecule has 7 heteroatoms. The first-order valence-electron chi connectivity index (χ1n) is 2.83. The van der Waals surface area contributed by atoms with Crippen LogP contribution in [0.4, 0.5) is 0 Å². The second-order valence-corrected chi connectivity index (χ2v) is 4.14. The summed E-state index contributed by atoms with van der Waals surface area (Å²) in [7, 11) is -4.52. The average molecular weight is 244 g/mol. The summed E-state index contributed by atoms with van der Waals surface area (Å²) in [5, 5.41) is -0.178. The number of quaternary nitrogens is 1. The van der Waals surface area contributed by atoms with E-state index in [0.717, 1.165) is 6.07 Å². The SMILES string of the molecule is O=S(=O)([O-])c1cccc(Cl)c1Cl.[NH4+]. The lowest BCUT2D eigenvalue weighted by Crippen LogP contribution is -1.99. The van der Waals surface area contributed by atoms with Gasteiger partial charge in [-0.05, 0) is 12.1 Å². The molecular weight excluding hydrogens is 237 g/mol. The van der Waals surface area contributed by atoms with Crippen LogP contribution in [0.3, 0.4) is 0 Å². The van der Waals surface area contributed by atoms with Crippen LogP contribution in [-0.4, -0.2) is 13.0 Å². The second kappa shape index (κ2) is 4.26. The van der Waals surface area contributed by atoms with Crippen LogP contribution < -0.4 is 6.15 Å². The zero-order valence-corrected chi connectivity index (χ0v) is 8.95. The molecule has 0 saturated heterocycles. The Balaban J connectivity index is 0.00000144. The van der Waals surface area contributed by atoms with Crippen molar-refractivity contribution in [3.8, 4) is 0 Å². The minimum Gasteiger partial charge on any atom is -0.744 e. The van der Waals surface area contributed by atoms with Crippen LogP contribution >= 0.6 is 23.2 Å². The summed E-state index contributed by atoms with van der Waals surface area (Å²) < 4.78 is 31.5. The molecule has 4 N–H and O–H groups in total. The van der Waals surface area contributed by atoms with Crippen LogP contribution in [-0.2, 0) is 10.1 Å². The molecule has 0 aromatic heterocycles. The summed E-state index contributed by atoms with van der Waals surface area (Å²) in [6, 6.07) is 3.86. The van der Waals surface area contributed by atoms with Crippen molar-refractivity contribution in [2.75, 3.05) is 0 Å². The molecule has 1 aromatic rings. The van der Waals surface area contributed by atoms with Gasteiger partial charge in [0.2, 0.25) is 0 Å². The third kappa shape index (κ3) is 2.82. The van der Waals surface area contributed by atoms with Gasteiger partial charge in [0.05, 0.1) is 14.9 Å². The molecule has 0 aliphatic heterocycles. The van der Waals surface area contributed by atoms with Gasteiger partial charge in [-0.1, -0.05) is 29.3 Å². The van der Waals surface area contributed by atoms with Crippen LogP contribution in [0.5, 0.6) is 0 Å². The topological polar surface area (TPSA) is 93.7 Å². The molecule has 0 aliphatic rings. The van der Waals surface area contributed by atoms with Crippen molar-refractivity contribution in [2.45, 2.75) is 4.90 Å².